The van der Waals surface area contributed by atoms with Crippen molar-refractivity contribution in [1.29, 1.82) is 0 Å². The number of allylic oxidation sites excluding steroid dienone is 8. The van der Waals surface area contributed by atoms with Gasteiger partial charge < -0.3 is 30.6 Å². The van der Waals surface area contributed by atoms with E-state index in [1.807, 2.05) is 13.8 Å². The first kappa shape index (κ1) is 41.7. The van der Waals surface area contributed by atoms with Crippen LogP contribution in [0.5, 0.6) is 0 Å². The van der Waals surface area contributed by atoms with Gasteiger partial charge in [-0.1, -0.05) is 44.1 Å². The monoisotopic (exact) mass is 804 g/mol. The van der Waals surface area contributed by atoms with Gasteiger partial charge in [-0.15, -0.1) is 11.6 Å². The summed E-state index contributed by atoms with van der Waals surface area (Å²) in [7, 11) is 0. The zero-order valence-corrected chi connectivity index (χ0v) is 33.4. The molecule has 308 valence electrons. The molecule has 8 aliphatic carbocycles. The van der Waals surface area contributed by atoms with Crippen molar-refractivity contribution in [2.45, 2.75) is 127 Å². The van der Waals surface area contributed by atoms with Crippen LogP contribution in [0.1, 0.15) is 86.0 Å². The van der Waals surface area contributed by atoms with Crippen LogP contribution in [0.25, 0.3) is 0 Å². The maximum absolute atomic E-state index is 16.9. The van der Waals surface area contributed by atoms with Crippen LogP contribution in [-0.4, -0.2) is 107 Å². The Balaban J connectivity index is 0.000000172. The summed E-state index contributed by atoms with van der Waals surface area (Å²) in [5.41, 5.74) is -11.0. The molecule has 6 N–H and O–H groups in total. The van der Waals surface area contributed by atoms with E-state index < -0.39 is 98.4 Å². The Bertz CT molecular complexity index is 1750. The average Bonchev–Trinajstić information content (AvgIpc) is 3.48. The molecular formula is C43H55ClF2O10. The minimum atomic E-state index is -2.23. The second-order valence-corrected chi connectivity index (χ2v) is 19.4. The number of ketones is 4. The molecule has 0 aromatic heterocycles. The molecular weight excluding hydrogens is 750 g/mol. The van der Waals surface area contributed by atoms with E-state index in [4.69, 9.17) is 11.6 Å². The van der Waals surface area contributed by atoms with E-state index in [9.17, 15) is 49.8 Å². The number of alkyl halides is 3. The highest BCUT2D eigenvalue weighted by molar-refractivity contribution is 6.29. The first-order valence-corrected chi connectivity index (χ1v) is 20.5. The number of hydrogen-bond donors (Lipinski definition) is 6. The van der Waals surface area contributed by atoms with Crippen LogP contribution in [0.3, 0.4) is 0 Å². The lowest BCUT2D eigenvalue weighted by Crippen LogP contribution is -2.69. The molecule has 10 nitrogen and oxygen atoms in total. The van der Waals surface area contributed by atoms with E-state index >= 15 is 8.78 Å². The van der Waals surface area contributed by atoms with Crippen molar-refractivity contribution < 1.29 is 58.6 Å². The van der Waals surface area contributed by atoms with E-state index in [1.165, 1.54) is 30.4 Å². The van der Waals surface area contributed by atoms with Crippen LogP contribution in [0, 0.1) is 51.2 Å². The highest BCUT2D eigenvalue weighted by Crippen LogP contribution is 2.72. The number of carbonyl (C=O) groups is 4. The summed E-state index contributed by atoms with van der Waals surface area (Å²) in [5.74, 6) is -4.41. The van der Waals surface area contributed by atoms with Gasteiger partial charge in [-0.3, -0.25) is 19.2 Å². The van der Waals surface area contributed by atoms with Crippen LogP contribution in [0.15, 0.2) is 47.6 Å². The van der Waals surface area contributed by atoms with Crippen molar-refractivity contribution in [3.05, 3.63) is 47.6 Å². The van der Waals surface area contributed by atoms with Gasteiger partial charge in [0, 0.05) is 33.5 Å². The highest BCUT2D eigenvalue weighted by Gasteiger charge is 2.77. The number of halogens is 3. The summed E-state index contributed by atoms with van der Waals surface area (Å²) in [6.07, 6.45) is 6.62. The molecule has 0 aromatic rings. The van der Waals surface area contributed by atoms with Crippen molar-refractivity contribution in [2.24, 2.45) is 51.2 Å². The van der Waals surface area contributed by atoms with Crippen LogP contribution in [0.2, 0.25) is 0 Å². The summed E-state index contributed by atoms with van der Waals surface area (Å²) in [4.78, 5) is 48.7. The molecule has 56 heavy (non-hydrogen) atoms. The summed E-state index contributed by atoms with van der Waals surface area (Å²) in [6.45, 7) is 7.72. The minimum absolute atomic E-state index is 0.0135. The molecule has 0 spiro atoms. The van der Waals surface area contributed by atoms with E-state index in [-0.39, 0.29) is 48.5 Å². The lowest BCUT2D eigenvalue weighted by atomic mass is 9.44. The smallest absolute Gasteiger partial charge is 0.192 e. The summed E-state index contributed by atoms with van der Waals surface area (Å²) in [5, 5.41) is 64.7. The second-order valence-electron chi connectivity index (χ2n) is 19.1. The maximum Gasteiger partial charge on any atom is 0.192 e. The third kappa shape index (κ3) is 4.81. The Kier molecular flexibility index (Phi) is 9.70. The van der Waals surface area contributed by atoms with Crippen LogP contribution < -0.4 is 0 Å². The largest absolute Gasteiger partial charge is 0.390 e. The molecule has 0 aromatic carbocycles. The summed E-state index contributed by atoms with van der Waals surface area (Å²) >= 11 is 5.81. The second kappa shape index (κ2) is 13.0. The molecule has 13 heteroatoms. The summed E-state index contributed by atoms with van der Waals surface area (Å²) < 4.78 is 33.7. The minimum Gasteiger partial charge on any atom is -0.390 e. The third-order valence-electron chi connectivity index (χ3n) is 17.2. The fourth-order valence-electron chi connectivity index (χ4n) is 14.1. The Morgan fingerprint density at radius 2 is 1.14 bits per heavy atom. The molecule has 8 aliphatic rings. The lowest BCUT2D eigenvalue weighted by Gasteiger charge is -2.62. The van der Waals surface area contributed by atoms with Gasteiger partial charge in [0.2, 0.25) is 0 Å². The number of fused-ring (bicyclic) bond motifs is 10. The number of aliphatic hydroxyl groups is 6. The van der Waals surface area contributed by atoms with E-state index in [0.29, 0.717) is 37.7 Å². The van der Waals surface area contributed by atoms with Gasteiger partial charge in [0.25, 0.3) is 0 Å². The predicted octanol–water partition coefficient (Wildman–Crippen LogP) is 3.76. The number of rotatable bonds is 4. The van der Waals surface area contributed by atoms with Gasteiger partial charge in [0.15, 0.2) is 40.1 Å². The molecule has 8 rings (SSSR count). The summed E-state index contributed by atoms with van der Waals surface area (Å²) in [6, 6.07) is 0. The normalized spacial score (nSPS) is 52.5. The Hall–Kier alpha value is -2.45. The zero-order chi connectivity index (χ0) is 41.4. The van der Waals surface area contributed by atoms with Gasteiger partial charge in [0.1, 0.15) is 12.2 Å². The topological polar surface area (TPSA) is 190 Å². The van der Waals surface area contributed by atoms with E-state index in [2.05, 4.69) is 0 Å². The number of carbonyl (C=O) groups excluding carboxylic acids is 4. The van der Waals surface area contributed by atoms with Gasteiger partial charge >= 0.3 is 0 Å². The van der Waals surface area contributed by atoms with Gasteiger partial charge in [0.05, 0.1) is 24.2 Å². The van der Waals surface area contributed by atoms with Gasteiger partial charge in [-0.2, -0.15) is 0 Å². The SMILES string of the molecule is C[C@H]1C[C@H]2[C@@H]3CCC4=CC(=O)C=C[C@]4(C)[C@@]3(F)[C@@H](O)C[C@]2(C)[C@@]1(O)C(=O)CCl.C[C@]12C=CC(=O)C=C1CC[C@H]1[C@@H]3C[C@@H](O)[C@](O)(C(=O)CO)[C@@]3(C)C[C@H](O)[C@@]12F. The molecule has 6 saturated carbocycles. The van der Waals surface area contributed by atoms with Crippen molar-refractivity contribution in [1.82, 2.24) is 0 Å². The molecule has 0 unspecified atom stereocenters. The predicted molar refractivity (Wildman–Crippen MR) is 200 cm³/mol. The molecule has 0 radical (unpaired) electrons. The fourth-order valence-corrected chi connectivity index (χ4v) is 14.3. The number of hydrogen-bond acceptors (Lipinski definition) is 10. The molecule has 0 saturated heterocycles. The average molecular weight is 805 g/mol. The molecule has 0 heterocycles. The standard InChI is InChI=1S/C22H28ClFO4.C21H27FO6/c1-12-8-16-15-5-4-13-9-14(25)6-7-19(13,2)21(15,24)17(26)10-20(16,3)22(12,28)18(27)11-23;1-18-6-5-12(24)7-11(18)3-4-13-14-8-15(25)21(28,17(27)10-23)19(14,2)9-16(26)20(13,18)22/h6-7,9,12,15-17,26,28H,4-5,8,10-11H2,1-3H3;5-7,13-16,23,25-26,28H,3-4,8-10H2,1-2H3/t12-,15-,16-,17-,19-,20-,21-,22-;13-,14-,15+,16-,18-,19-,20-,21-/m00/s1. The molecule has 0 amide bonds. The molecule has 0 bridgehead atoms. The van der Waals surface area contributed by atoms with E-state index in [0.717, 1.165) is 5.57 Å². The quantitative estimate of drug-likeness (QED) is 0.229. The van der Waals surface area contributed by atoms with Crippen molar-refractivity contribution in [3.63, 3.8) is 0 Å². The maximum atomic E-state index is 16.9. The van der Waals surface area contributed by atoms with Crippen molar-refractivity contribution in [2.75, 3.05) is 12.5 Å². The van der Waals surface area contributed by atoms with Gasteiger partial charge in [-0.05, 0) is 107 Å². The molecule has 16 atom stereocenters. The number of Topliss-reactive ketones (excluding diaryl/α,β-unsaturated/α-hetero) is 2. The third-order valence-corrected chi connectivity index (χ3v) is 17.4. The van der Waals surface area contributed by atoms with Crippen LogP contribution in [0.4, 0.5) is 8.78 Å². The Morgan fingerprint density at radius 1 is 0.714 bits per heavy atom. The molecule has 0 aliphatic heterocycles. The zero-order valence-electron chi connectivity index (χ0n) is 32.6. The fraction of sp³-hybridized carbons (Fsp3) is 0.721. The van der Waals surface area contributed by atoms with Crippen molar-refractivity contribution in [3.8, 4) is 0 Å². The van der Waals surface area contributed by atoms with E-state index in [1.54, 1.807) is 26.8 Å². The van der Waals surface area contributed by atoms with Crippen LogP contribution >= 0.6 is 11.6 Å². The Labute approximate surface area is 330 Å². The molecule has 6 fully saturated rings. The number of aliphatic hydroxyl groups excluding tert-OH is 4. The van der Waals surface area contributed by atoms with Crippen LogP contribution in [-0.2, 0) is 19.2 Å². The Morgan fingerprint density at radius 3 is 1.57 bits per heavy atom. The van der Waals surface area contributed by atoms with Crippen molar-refractivity contribution >= 4 is 34.7 Å². The van der Waals surface area contributed by atoms with Gasteiger partial charge in [-0.25, -0.2) is 8.78 Å². The highest BCUT2D eigenvalue weighted by atomic mass is 35.5. The first-order chi connectivity index (χ1) is 25.9. The first-order valence-electron chi connectivity index (χ1n) is 19.9. The lowest BCUT2D eigenvalue weighted by molar-refractivity contribution is -0.222.